The number of hydrogen-bond acceptors (Lipinski definition) is 2. The molecule has 100 valence electrons. The van der Waals surface area contributed by atoms with Crippen LogP contribution in [0.25, 0.3) is 0 Å². The van der Waals surface area contributed by atoms with E-state index in [2.05, 4.69) is 18.7 Å². The Morgan fingerprint density at radius 3 is 2.35 bits per heavy atom. The first-order chi connectivity index (χ1) is 8.17. The second kappa shape index (κ2) is 7.54. The average molecular weight is 241 g/mol. The molecule has 1 heterocycles. The first-order valence-electron chi connectivity index (χ1n) is 6.94. The highest BCUT2D eigenvalue weighted by Gasteiger charge is 2.20. The van der Waals surface area contributed by atoms with E-state index in [1.54, 1.807) is 4.90 Å². The van der Waals surface area contributed by atoms with Crippen LogP contribution in [0.15, 0.2) is 0 Å². The van der Waals surface area contributed by atoms with Gasteiger partial charge in [-0.2, -0.15) is 0 Å². The molecule has 1 rings (SSSR count). The van der Waals surface area contributed by atoms with Gasteiger partial charge in [0, 0.05) is 13.1 Å². The largest absolute Gasteiger partial charge is 0.351 e. The lowest BCUT2D eigenvalue weighted by Gasteiger charge is -2.31. The van der Waals surface area contributed by atoms with Gasteiger partial charge in [0.15, 0.2) is 0 Å². The van der Waals surface area contributed by atoms with Crippen LogP contribution in [-0.2, 0) is 0 Å². The quantitative estimate of drug-likeness (QED) is 0.772. The highest BCUT2D eigenvalue weighted by Crippen LogP contribution is 2.21. The monoisotopic (exact) mass is 241 g/mol. The predicted molar refractivity (Wildman–Crippen MR) is 70.9 cm³/mol. The lowest BCUT2D eigenvalue weighted by atomic mass is 9.92. The van der Waals surface area contributed by atoms with Gasteiger partial charge < -0.3 is 15.5 Å². The molecule has 0 bridgehead atoms. The Labute approximate surface area is 105 Å². The van der Waals surface area contributed by atoms with E-state index in [1.807, 2.05) is 0 Å². The molecule has 2 N–H and O–H groups in total. The maximum Gasteiger partial charge on any atom is 0.314 e. The Bertz CT molecular complexity index is 221. The van der Waals surface area contributed by atoms with Crippen LogP contribution in [0, 0.1) is 5.92 Å². The summed E-state index contributed by atoms with van der Waals surface area (Å²) in [7, 11) is 0. The minimum atomic E-state index is -0.258. The molecule has 0 unspecified atom stereocenters. The molecular formula is C13H27N3O. The van der Waals surface area contributed by atoms with E-state index < -0.39 is 0 Å². The van der Waals surface area contributed by atoms with Crippen LogP contribution in [0.5, 0.6) is 0 Å². The zero-order valence-electron chi connectivity index (χ0n) is 11.3. The number of primary amides is 1. The van der Waals surface area contributed by atoms with E-state index in [4.69, 9.17) is 5.73 Å². The minimum absolute atomic E-state index is 0.258. The Morgan fingerprint density at radius 2 is 1.88 bits per heavy atom. The average Bonchev–Trinajstić information content (AvgIpc) is 2.35. The van der Waals surface area contributed by atoms with Gasteiger partial charge in [-0.3, -0.25) is 0 Å². The molecule has 0 spiro atoms. The fourth-order valence-electron chi connectivity index (χ4n) is 2.59. The van der Waals surface area contributed by atoms with Crippen molar-refractivity contribution < 1.29 is 4.79 Å². The summed E-state index contributed by atoms with van der Waals surface area (Å²) in [6.07, 6.45) is 4.83. The van der Waals surface area contributed by atoms with Gasteiger partial charge in [-0.15, -0.1) is 0 Å². The molecule has 0 radical (unpaired) electrons. The van der Waals surface area contributed by atoms with Crippen molar-refractivity contribution in [1.82, 2.24) is 9.80 Å². The summed E-state index contributed by atoms with van der Waals surface area (Å²) < 4.78 is 0. The maximum absolute atomic E-state index is 11.0. The summed E-state index contributed by atoms with van der Waals surface area (Å²) in [4.78, 5) is 15.2. The molecule has 0 aromatic carbocycles. The highest BCUT2D eigenvalue weighted by molar-refractivity contribution is 5.72. The van der Waals surface area contributed by atoms with Gasteiger partial charge in [0.25, 0.3) is 0 Å². The van der Waals surface area contributed by atoms with Crippen LogP contribution in [0.1, 0.15) is 39.5 Å². The molecule has 1 saturated heterocycles. The number of urea groups is 1. The van der Waals surface area contributed by atoms with Crippen molar-refractivity contribution in [3.8, 4) is 0 Å². The van der Waals surface area contributed by atoms with Crippen molar-refractivity contribution in [1.29, 1.82) is 0 Å². The molecule has 4 nitrogen and oxygen atoms in total. The number of piperidine rings is 1. The van der Waals surface area contributed by atoms with Crippen LogP contribution in [0.2, 0.25) is 0 Å². The number of nitrogens with zero attached hydrogens (tertiary/aromatic N) is 2. The molecule has 1 aliphatic heterocycles. The summed E-state index contributed by atoms with van der Waals surface area (Å²) in [5, 5.41) is 0. The first-order valence-corrected chi connectivity index (χ1v) is 6.94. The second-order valence-corrected chi connectivity index (χ2v) is 4.94. The third-order valence-electron chi connectivity index (χ3n) is 3.91. The number of carbonyl (C=O) groups is 1. The van der Waals surface area contributed by atoms with Crippen molar-refractivity contribution in [3.05, 3.63) is 0 Å². The zero-order chi connectivity index (χ0) is 12.7. The van der Waals surface area contributed by atoms with Gasteiger partial charge in [0.1, 0.15) is 0 Å². The van der Waals surface area contributed by atoms with E-state index in [0.717, 1.165) is 44.9 Å². The molecule has 0 aromatic heterocycles. The van der Waals surface area contributed by atoms with Crippen LogP contribution < -0.4 is 5.73 Å². The normalized spacial score (nSPS) is 17.7. The molecule has 2 amide bonds. The maximum atomic E-state index is 11.0. The topological polar surface area (TPSA) is 49.6 Å². The van der Waals surface area contributed by atoms with E-state index in [9.17, 15) is 4.79 Å². The summed E-state index contributed by atoms with van der Waals surface area (Å²) >= 11 is 0. The third-order valence-corrected chi connectivity index (χ3v) is 3.91. The van der Waals surface area contributed by atoms with Crippen molar-refractivity contribution in [2.24, 2.45) is 11.7 Å². The smallest absolute Gasteiger partial charge is 0.314 e. The minimum Gasteiger partial charge on any atom is -0.351 e. The number of rotatable bonds is 6. The van der Waals surface area contributed by atoms with Gasteiger partial charge in [-0.25, -0.2) is 4.79 Å². The van der Waals surface area contributed by atoms with Crippen molar-refractivity contribution in [2.45, 2.75) is 39.5 Å². The van der Waals surface area contributed by atoms with Gasteiger partial charge >= 0.3 is 6.03 Å². The molecule has 0 aliphatic carbocycles. The van der Waals surface area contributed by atoms with Crippen molar-refractivity contribution in [2.75, 3.05) is 32.7 Å². The molecular weight excluding hydrogens is 214 g/mol. The van der Waals surface area contributed by atoms with E-state index in [0.29, 0.717) is 0 Å². The van der Waals surface area contributed by atoms with Crippen LogP contribution >= 0.6 is 0 Å². The fourth-order valence-corrected chi connectivity index (χ4v) is 2.59. The van der Waals surface area contributed by atoms with E-state index >= 15 is 0 Å². The molecule has 1 aliphatic rings. The standard InChI is InChI=1S/C13H27N3O/c1-3-15(4-2)9-5-6-12-7-10-16(11-8-12)13(14)17/h12H,3-11H2,1-2H3,(H2,14,17). The molecule has 17 heavy (non-hydrogen) atoms. The zero-order valence-corrected chi connectivity index (χ0v) is 11.3. The Balaban J connectivity index is 2.12. The lowest BCUT2D eigenvalue weighted by Crippen LogP contribution is -2.41. The van der Waals surface area contributed by atoms with E-state index in [-0.39, 0.29) is 6.03 Å². The summed E-state index contributed by atoms with van der Waals surface area (Å²) in [6, 6.07) is -0.258. The Kier molecular flexibility index (Phi) is 6.34. The Morgan fingerprint density at radius 1 is 1.29 bits per heavy atom. The Hall–Kier alpha value is -0.770. The lowest BCUT2D eigenvalue weighted by molar-refractivity contribution is 0.173. The summed E-state index contributed by atoms with van der Waals surface area (Å²) in [6.45, 7) is 9.65. The second-order valence-electron chi connectivity index (χ2n) is 4.94. The van der Waals surface area contributed by atoms with Gasteiger partial charge in [-0.1, -0.05) is 13.8 Å². The summed E-state index contributed by atoms with van der Waals surface area (Å²) in [5.74, 6) is 0.793. The molecule has 0 saturated carbocycles. The fraction of sp³-hybridized carbons (Fsp3) is 0.923. The number of hydrogen-bond donors (Lipinski definition) is 1. The number of amides is 2. The number of nitrogens with two attached hydrogens (primary N) is 1. The number of likely N-dealkylation sites (tertiary alicyclic amines) is 1. The SMILES string of the molecule is CCN(CC)CCCC1CCN(C(N)=O)CC1. The third kappa shape index (κ3) is 4.94. The van der Waals surface area contributed by atoms with Gasteiger partial charge in [0.05, 0.1) is 0 Å². The highest BCUT2D eigenvalue weighted by atomic mass is 16.2. The first kappa shape index (κ1) is 14.3. The van der Waals surface area contributed by atoms with Crippen molar-refractivity contribution in [3.63, 3.8) is 0 Å². The van der Waals surface area contributed by atoms with Crippen LogP contribution in [-0.4, -0.2) is 48.6 Å². The molecule has 0 atom stereocenters. The van der Waals surface area contributed by atoms with Crippen molar-refractivity contribution >= 4 is 6.03 Å². The van der Waals surface area contributed by atoms with E-state index in [1.165, 1.54) is 19.4 Å². The van der Waals surface area contributed by atoms with Crippen LogP contribution in [0.4, 0.5) is 4.79 Å². The number of carbonyl (C=O) groups excluding carboxylic acids is 1. The van der Waals surface area contributed by atoms with Crippen LogP contribution in [0.3, 0.4) is 0 Å². The van der Waals surface area contributed by atoms with Gasteiger partial charge in [0.2, 0.25) is 0 Å². The molecule has 1 fully saturated rings. The predicted octanol–water partition coefficient (Wildman–Crippen LogP) is 1.90. The summed E-state index contributed by atoms with van der Waals surface area (Å²) in [5.41, 5.74) is 5.27. The molecule has 0 aromatic rings. The molecule has 4 heteroatoms. The van der Waals surface area contributed by atoms with Gasteiger partial charge in [-0.05, 0) is 51.2 Å².